The van der Waals surface area contributed by atoms with Crippen LogP contribution in [0.3, 0.4) is 0 Å². The molecule has 7 nitrogen and oxygen atoms in total. The third kappa shape index (κ3) is 4.11. The van der Waals surface area contributed by atoms with Crippen LogP contribution in [0.1, 0.15) is 30.5 Å². The lowest BCUT2D eigenvalue weighted by Gasteiger charge is -2.38. The Morgan fingerprint density at radius 3 is 2.70 bits per heavy atom. The van der Waals surface area contributed by atoms with Crippen LogP contribution in [0, 0.1) is 0 Å². The van der Waals surface area contributed by atoms with Crippen molar-refractivity contribution in [1.82, 2.24) is 19.2 Å². The van der Waals surface area contributed by atoms with E-state index >= 15 is 0 Å². The van der Waals surface area contributed by atoms with Crippen LogP contribution >= 0.6 is 11.6 Å². The molecule has 33 heavy (non-hydrogen) atoms. The minimum absolute atomic E-state index is 0.0712. The van der Waals surface area contributed by atoms with Crippen LogP contribution in [0.15, 0.2) is 35.3 Å². The van der Waals surface area contributed by atoms with Crippen LogP contribution < -0.4 is 0 Å². The number of hydrogen-bond acceptors (Lipinski definition) is 5. The summed E-state index contributed by atoms with van der Waals surface area (Å²) in [4.78, 5) is 20.5. The van der Waals surface area contributed by atoms with E-state index in [9.17, 15) is 23.1 Å². The molecule has 2 atom stereocenters. The zero-order chi connectivity index (χ0) is 23.3. The molecule has 1 N–H and O–H groups in total. The molecule has 4 heterocycles. The maximum Gasteiger partial charge on any atom is 0.420 e. The summed E-state index contributed by atoms with van der Waals surface area (Å²) in [6.07, 6.45) is 1.48. The van der Waals surface area contributed by atoms with Crippen molar-refractivity contribution in [3.63, 3.8) is 0 Å². The number of halogens is 4. The minimum Gasteiger partial charge on any atom is -0.472 e. The smallest absolute Gasteiger partial charge is 0.420 e. The number of amides is 1. The molecule has 1 saturated heterocycles. The number of aliphatic hydroxyl groups excluding tert-OH is 1. The van der Waals surface area contributed by atoms with Crippen molar-refractivity contribution >= 4 is 23.2 Å². The number of furan rings is 1. The van der Waals surface area contributed by atoms with Crippen LogP contribution in [0.2, 0.25) is 5.15 Å². The molecule has 176 valence electrons. The third-order valence-corrected chi connectivity index (χ3v) is 6.84. The summed E-state index contributed by atoms with van der Waals surface area (Å²) in [5, 5.41) is 10.2. The topological polar surface area (TPSA) is 74.2 Å². The van der Waals surface area contributed by atoms with Gasteiger partial charge in [-0.3, -0.25) is 14.1 Å². The zero-order valence-electron chi connectivity index (χ0n) is 17.6. The number of pyridine rings is 1. The summed E-state index contributed by atoms with van der Waals surface area (Å²) in [6, 6.07) is 2.44. The first-order chi connectivity index (χ1) is 15.7. The van der Waals surface area contributed by atoms with E-state index in [4.69, 9.17) is 16.0 Å². The van der Waals surface area contributed by atoms with Crippen LogP contribution in [0.5, 0.6) is 0 Å². The van der Waals surface area contributed by atoms with Crippen LogP contribution in [0.4, 0.5) is 13.2 Å². The number of aliphatic hydroxyl groups is 1. The molecule has 0 radical (unpaired) electrons. The number of carbonyl (C=O) groups excluding carboxylic acids is 1. The summed E-state index contributed by atoms with van der Waals surface area (Å²) >= 11 is 6.47. The largest absolute Gasteiger partial charge is 0.472 e. The molecule has 1 amide bonds. The van der Waals surface area contributed by atoms with E-state index in [0.29, 0.717) is 30.6 Å². The Balaban J connectivity index is 1.42. The summed E-state index contributed by atoms with van der Waals surface area (Å²) in [5.41, 5.74) is -0.120. The number of piperazine rings is 1. The van der Waals surface area contributed by atoms with Gasteiger partial charge >= 0.3 is 6.18 Å². The minimum atomic E-state index is -4.63. The Labute approximate surface area is 192 Å². The number of alkyl halides is 3. The fourth-order valence-corrected chi connectivity index (χ4v) is 5.01. The Hall–Kier alpha value is -2.56. The molecule has 2 fully saturated rings. The maximum atomic E-state index is 13.8. The van der Waals surface area contributed by atoms with Gasteiger partial charge in [-0.2, -0.15) is 13.2 Å². The SMILES string of the molecule is O=C1CN(Cc2nc3c(C(F)(F)F)cc(-c4ccoc4)cn3c2Cl)CCN1[C@H]1CCC[C@H]1O. The van der Waals surface area contributed by atoms with E-state index in [1.54, 1.807) is 11.0 Å². The normalized spacial score (nSPS) is 22.6. The monoisotopic (exact) mass is 482 g/mol. The van der Waals surface area contributed by atoms with E-state index < -0.39 is 17.8 Å². The lowest BCUT2D eigenvalue weighted by atomic mass is 10.1. The second-order valence-electron chi connectivity index (χ2n) is 8.56. The first-order valence-electron chi connectivity index (χ1n) is 10.7. The summed E-state index contributed by atoms with van der Waals surface area (Å²) in [5.74, 6) is -0.106. The second kappa shape index (κ2) is 8.34. The van der Waals surface area contributed by atoms with E-state index in [2.05, 4.69) is 4.98 Å². The zero-order valence-corrected chi connectivity index (χ0v) is 18.3. The molecule has 1 aliphatic heterocycles. The Morgan fingerprint density at radius 1 is 1.24 bits per heavy atom. The van der Waals surface area contributed by atoms with Gasteiger partial charge in [0.15, 0.2) is 5.65 Å². The third-order valence-electron chi connectivity index (χ3n) is 6.44. The lowest BCUT2D eigenvalue weighted by molar-refractivity contribution is -0.141. The van der Waals surface area contributed by atoms with E-state index in [-0.39, 0.29) is 41.5 Å². The van der Waals surface area contributed by atoms with Gasteiger partial charge in [0, 0.05) is 37.0 Å². The van der Waals surface area contributed by atoms with Crippen molar-refractivity contribution in [3.8, 4) is 11.1 Å². The average Bonchev–Trinajstić information content (AvgIpc) is 3.49. The Kier molecular flexibility index (Phi) is 5.62. The first-order valence-corrected chi connectivity index (χ1v) is 11.1. The fraction of sp³-hybridized carbons (Fsp3) is 0.455. The number of nitrogens with zero attached hydrogens (tertiary/aromatic N) is 4. The summed E-state index contributed by atoms with van der Waals surface area (Å²) < 4.78 is 47.7. The highest BCUT2D eigenvalue weighted by molar-refractivity contribution is 6.30. The van der Waals surface area contributed by atoms with Crippen molar-refractivity contribution in [2.45, 2.75) is 44.1 Å². The lowest BCUT2D eigenvalue weighted by Crippen LogP contribution is -2.55. The average molecular weight is 483 g/mol. The van der Waals surface area contributed by atoms with Gasteiger partial charge in [-0.1, -0.05) is 11.6 Å². The van der Waals surface area contributed by atoms with Crippen LogP contribution in [-0.4, -0.2) is 62.0 Å². The second-order valence-corrected chi connectivity index (χ2v) is 8.92. The summed E-state index contributed by atoms with van der Waals surface area (Å²) in [7, 11) is 0. The van der Waals surface area contributed by atoms with Crippen LogP contribution in [-0.2, 0) is 17.5 Å². The van der Waals surface area contributed by atoms with Gasteiger partial charge in [0.25, 0.3) is 0 Å². The van der Waals surface area contributed by atoms with Crippen molar-refractivity contribution in [2.75, 3.05) is 19.6 Å². The number of aromatic nitrogens is 2. The molecule has 5 rings (SSSR count). The molecule has 0 bridgehead atoms. The molecule has 0 unspecified atom stereocenters. The van der Waals surface area contributed by atoms with Crippen molar-refractivity contribution in [3.05, 3.63) is 47.3 Å². The van der Waals surface area contributed by atoms with E-state index in [1.807, 2.05) is 4.90 Å². The van der Waals surface area contributed by atoms with Gasteiger partial charge in [0.05, 0.1) is 42.5 Å². The fourth-order valence-electron chi connectivity index (χ4n) is 4.78. The molecule has 0 aromatic carbocycles. The standard InChI is InChI=1S/C22H22ClF3N4O3/c23-20-16(10-28-5-6-29(19(32)11-28)17-2-1-3-18(17)31)27-21-15(22(24,25)26)8-14(9-30(20)21)13-4-7-33-12-13/h4,7-9,12,17-18,31H,1-3,5-6,10-11H2/t17-,18+/m0/s1. The molecule has 2 aliphatic rings. The highest BCUT2D eigenvalue weighted by Crippen LogP contribution is 2.37. The number of hydrogen-bond donors (Lipinski definition) is 1. The number of rotatable bonds is 4. The van der Waals surface area contributed by atoms with E-state index in [1.165, 1.54) is 23.1 Å². The van der Waals surface area contributed by atoms with E-state index in [0.717, 1.165) is 18.9 Å². The molecular formula is C22H22ClF3N4O3. The van der Waals surface area contributed by atoms with Gasteiger partial charge in [-0.15, -0.1) is 0 Å². The molecule has 1 aliphatic carbocycles. The molecule has 1 saturated carbocycles. The van der Waals surface area contributed by atoms with Gasteiger partial charge in [-0.05, 0) is 31.4 Å². The molecule has 3 aromatic heterocycles. The van der Waals surface area contributed by atoms with Gasteiger partial charge in [0.1, 0.15) is 5.15 Å². The van der Waals surface area contributed by atoms with Gasteiger partial charge in [0.2, 0.25) is 5.91 Å². The van der Waals surface area contributed by atoms with Gasteiger partial charge in [-0.25, -0.2) is 4.98 Å². The van der Waals surface area contributed by atoms with Crippen molar-refractivity contribution in [1.29, 1.82) is 0 Å². The van der Waals surface area contributed by atoms with Gasteiger partial charge < -0.3 is 14.4 Å². The molecule has 11 heteroatoms. The van der Waals surface area contributed by atoms with Crippen molar-refractivity contribution in [2.24, 2.45) is 0 Å². The highest BCUT2D eigenvalue weighted by Gasteiger charge is 2.38. The quantitative estimate of drug-likeness (QED) is 0.612. The predicted octanol–water partition coefficient (Wildman–Crippen LogP) is 3.82. The summed E-state index contributed by atoms with van der Waals surface area (Å²) in [6.45, 7) is 1.21. The Bertz CT molecular complexity index is 1180. The Morgan fingerprint density at radius 2 is 2.06 bits per heavy atom. The number of fused-ring (bicyclic) bond motifs is 1. The van der Waals surface area contributed by atoms with Crippen LogP contribution in [0.25, 0.3) is 16.8 Å². The number of imidazole rings is 1. The highest BCUT2D eigenvalue weighted by atomic mass is 35.5. The number of carbonyl (C=O) groups is 1. The van der Waals surface area contributed by atoms with Crippen molar-refractivity contribution < 1.29 is 27.5 Å². The molecule has 0 spiro atoms. The predicted molar refractivity (Wildman–Crippen MR) is 114 cm³/mol. The molecular weight excluding hydrogens is 461 g/mol. The maximum absolute atomic E-state index is 13.8. The molecule has 3 aromatic rings. The first kappa shape index (κ1) is 22.2.